The van der Waals surface area contributed by atoms with Crippen LogP contribution in [-0.2, 0) is 4.79 Å². The van der Waals surface area contributed by atoms with Crippen LogP contribution >= 0.6 is 11.8 Å². The van der Waals surface area contributed by atoms with E-state index in [0.29, 0.717) is 5.69 Å². The van der Waals surface area contributed by atoms with Crippen molar-refractivity contribution in [2.45, 2.75) is 29.9 Å². The van der Waals surface area contributed by atoms with Gasteiger partial charge in [0.25, 0.3) is 0 Å². The van der Waals surface area contributed by atoms with Crippen LogP contribution in [0, 0.1) is 0 Å². The van der Waals surface area contributed by atoms with Crippen molar-refractivity contribution in [3.63, 3.8) is 0 Å². The fourth-order valence-corrected chi connectivity index (χ4v) is 2.72. The zero-order valence-corrected chi connectivity index (χ0v) is 11.4. The molecule has 0 heterocycles. The first kappa shape index (κ1) is 14.7. The number of nitrogen functional groups attached to an aromatic ring is 1. The van der Waals surface area contributed by atoms with Gasteiger partial charge in [0.2, 0.25) is 5.91 Å². The topological polar surface area (TPSA) is 90.4 Å². The minimum Gasteiger partial charge on any atom is -0.497 e. The molecule has 5 N–H and O–H groups in total. The smallest absolute Gasteiger partial charge is 0.247 e. The van der Waals surface area contributed by atoms with E-state index in [1.165, 1.54) is 11.8 Å². The number of methoxy groups -OCH3 is 1. The van der Waals surface area contributed by atoms with Crippen LogP contribution in [0.15, 0.2) is 23.1 Å². The number of thioether (sulfide) groups is 1. The molecule has 0 aliphatic heterocycles. The van der Waals surface area contributed by atoms with E-state index < -0.39 is 0 Å². The molecule has 0 spiro atoms. The summed E-state index contributed by atoms with van der Waals surface area (Å²) in [6.45, 7) is 2.02. The maximum atomic E-state index is 11.6. The number of carbonyl (C=O) groups is 1. The summed E-state index contributed by atoms with van der Waals surface area (Å²) in [5.41, 5.74) is 8.71. The van der Waals surface area contributed by atoms with Gasteiger partial charge in [0.1, 0.15) is 5.75 Å². The Morgan fingerprint density at radius 2 is 2.28 bits per heavy atom. The van der Waals surface area contributed by atoms with Crippen LogP contribution in [-0.4, -0.2) is 18.3 Å². The van der Waals surface area contributed by atoms with Crippen LogP contribution in [0.1, 0.15) is 19.8 Å². The normalized spacial score (nSPS) is 11.9. The number of ether oxygens (including phenoxy) is 1. The van der Waals surface area contributed by atoms with E-state index in [-0.39, 0.29) is 11.2 Å². The molecule has 1 aromatic carbocycles. The number of hydrogen-bond donors (Lipinski definition) is 3. The number of amides is 1. The van der Waals surface area contributed by atoms with Crippen LogP contribution in [0.25, 0.3) is 0 Å². The third-order valence-electron chi connectivity index (χ3n) is 2.48. The molecule has 0 aliphatic carbocycles. The van der Waals surface area contributed by atoms with Crippen molar-refractivity contribution in [1.82, 2.24) is 5.43 Å². The summed E-state index contributed by atoms with van der Waals surface area (Å²) in [5, 5.41) is -0.241. The van der Waals surface area contributed by atoms with E-state index in [2.05, 4.69) is 5.43 Å². The Labute approximate surface area is 111 Å². The van der Waals surface area contributed by atoms with Gasteiger partial charge in [-0.25, -0.2) is 5.84 Å². The van der Waals surface area contributed by atoms with Gasteiger partial charge in [-0.15, -0.1) is 11.8 Å². The van der Waals surface area contributed by atoms with Gasteiger partial charge in [0.15, 0.2) is 0 Å². The van der Waals surface area contributed by atoms with E-state index in [1.807, 2.05) is 13.0 Å². The van der Waals surface area contributed by atoms with Crippen molar-refractivity contribution in [2.24, 2.45) is 5.84 Å². The van der Waals surface area contributed by atoms with Crippen molar-refractivity contribution in [3.8, 4) is 5.75 Å². The molecule has 0 bridgehead atoms. The molecule has 0 saturated heterocycles. The monoisotopic (exact) mass is 269 g/mol. The standard InChI is InChI=1S/C12H19N3O2S/c1-3-4-10(12(16)15-14)18-11-7-8(17-2)5-6-9(11)13/h5-7,10H,3-4,13-14H2,1-2H3,(H,15,16). The summed E-state index contributed by atoms with van der Waals surface area (Å²) in [4.78, 5) is 12.5. The third-order valence-corrected chi connectivity index (χ3v) is 3.82. The van der Waals surface area contributed by atoms with E-state index in [1.54, 1.807) is 19.2 Å². The molecule has 0 fully saturated rings. The lowest BCUT2D eigenvalue weighted by Gasteiger charge is -2.15. The molecule has 0 saturated carbocycles. The molecule has 0 aromatic heterocycles. The second-order valence-corrected chi connectivity index (χ2v) is 5.05. The molecule has 1 amide bonds. The van der Waals surface area contributed by atoms with Crippen LogP contribution in [0.5, 0.6) is 5.75 Å². The highest BCUT2D eigenvalue weighted by atomic mass is 32.2. The number of hydrogen-bond acceptors (Lipinski definition) is 5. The van der Waals surface area contributed by atoms with Gasteiger partial charge in [-0.2, -0.15) is 0 Å². The van der Waals surface area contributed by atoms with Crippen LogP contribution in [0.2, 0.25) is 0 Å². The molecule has 1 atom stereocenters. The minimum atomic E-state index is -0.241. The van der Waals surface area contributed by atoms with Crippen LogP contribution in [0.4, 0.5) is 5.69 Å². The van der Waals surface area contributed by atoms with E-state index >= 15 is 0 Å². The van der Waals surface area contributed by atoms with Crippen molar-refractivity contribution in [1.29, 1.82) is 0 Å². The summed E-state index contributed by atoms with van der Waals surface area (Å²) in [6, 6.07) is 5.38. The second-order valence-electron chi connectivity index (χ2n) is 3.81. The van der Waals surface area contributed by atoms with Crippen molar-refractivity contribution in [2.75, 3.05) is 12.8 Å². The van der Waals surface area contributed by atoms with Gasteiger partial charge in [-0.1, -0.05) is 13.3 Å². The van der Waals surface area contributed by atoms with E-state index in [9.17, 15) is 4.79 Å². The van der Waals surface area contributed by atoms with E-state index in [0.717, 1.165) is 23.5 Å². The van der Waals surface area contributed by atoms with Crippen molar-refractivity contribution in [3.05, 3.63) is 18.2 Å². The summed E-state index contributed by atoms with van der Waals surface area (Å²) >= 11 is 1.41. The predicted octanol–water partition coefficient (Wildman–Crippen LogP) is 1.53. The lowest BCUT2D eigenvalue weighted by atomic mass is 10.2. The molecule has 0 radical (unpaired) electrons. The summed E-state index contributed by atoms with van der Waals surface area (Å²) in [7, 11) is 1.59. The second kappa shape index (κ2) is 7.13. The number of nitrogens with two attached hydrogens (primary N) is 2. The van der Waals surface area contributed by atoms with Gasteiger partial charge < -0.3 is 10.5 Å². The highest BCUT2D eigenvalue weighted by molar-refractivity contribution is 8.00. The Morgan fingerprint density at radius 3 is 2.83 bits per heavy atom. The zero-order valence-electron chi connectivity index (χ0n) is 10.6. The highest BCUT2D eigenvalue weighted by Gasteiger charge is 2.19. The number of carbonyl (C=O) groups excluding carboxylic acids is 1. The maximum Gasteiger partial charge on any atom is 0.247 e. The van der Waals surface area contributed by atoms with Gasteiger partial charge in [0, 0.05) is 10.6 Å². The van der Waals surface area contributed by atoms with Gasteiger partial charge >= 0.3 is 0 Å². The summed E-state index contributed by atoms with van der Waals surface area (Å²) in [6.07, 6.45) is 1.64. The average Bonchev–Trinajstić information content (AvgIpc) is 2.39. The molecular weight excluding hydrogens is 250 g/mol. The largest absolute Gasteiger partial charge is 0.497 e. The first-order valence-electron chi connectivity index (χ1n) is 5.73. The molecule has 5 nitrogen and oxygen atoms in total. The quantitative estimate of drug-likeness (QED) is 0.239. The number of nitrogens with one attached hydrogen (secondary N) is 1. The Balaban J connectivity index is 2.88. The molecule has 1 rings (SSSR count). The lowest BCUT2D eigenvalue weighted by molar-refractivity contribution is -0.120. The van der Waals surface area contributed by atoms with Gasteiger partial charge in [-0.3, -0.25) is 10.2 Å². The van der Waals surface area contributed by atoms with Crippen molar-refractivity contribution >= 4 is 23.4 Å². The molecule has 0 aliphatic rings. The Hall–Kier alpha value is -1.40. The number of rotatable bonds is 6. The SMILES string of the molecule is CCCC(Sc1cc(OC)ccc1N)C(=O)NN. The van der Waals surface area contributed by atoms with Crippen LogP contribution in [0.3, 0.4) is 0 Å². The maximum absolute atomic E-state index is 11.6. The Bertz CT molecular complexity index is 412. The summed E-state index contributed by atoms with van der Waals surface area (Å²) < 4.78 is 5.14. The van der Waals surface area contributed by atoms with Gasteiger partial charge in [-0.05, 0) is 24.6 Å². The molecule has 1 unspecified atom stereocenters. The fourth-order valence-electron chi connectivity index (χ4n) is 1.50. The number of hydrazine groups is 1. The zero-order chi connectivity index (χ0) is 13.5. The molecule has 100 valence electrons. The number of anilines is 1. The molecular formula is C12H19N3O2S. The Morgan fingerprint density at radius 1 is 1.56 bits per heavy atom. The van der Waals surface area contributed by atoms with Crippen molar-refractivity contribution < 1.29 is 9.53 Å². The minimum absolute atomic E-state index is 0.191. The molecule has 6 heteroatoms. The number of benzene rings is 1. The van der Waals surface area contributed by atoms with Gasteiger partial charge in [0.05, 0.1) is 12.4 Å². The van der Waals surface area contributed by atoms with Crippen LogP contribution < -0.4 is 21.7 Å². The highest BCUT2D eigenvalue weighted by Crippen LogP contribution is 2.33. The Kier molecular flexibility index (Phi) is 5.80. The average molecular weight is 269 g/mol. The predicted molar refractivity (Wildman–Crippen MR) is 74.3 cm³/mol. The summed E-state index contributed by atoms with van der Waals surface area (Å²) in [5.74, 6) is 5.71. The molecule has 1 aromatic rings. The third kappa shape index (κ3) is 3.82. The first-order chi connectivity index (χ1) is 8.62. The van der Waals surface area contributed by atoms with E-state index in [4.69, 9.17) is 16.3 Å². The first-order valence-corrected chi connectivity index (χ1v) is 6.61. The lowest BCUT2D eigenvalue weighted by Crippen LogP contribution is -2.37. The fraction of sp³-hybridized carbons (Fsp3) is 0.417. The molecule has 18 heavy (non-hydrogen) atoms.